The summed E-state index contributed by atoms with van der Waals surface area (Å²) in [5.41, 5.74) is 5.21. The van der Waals surface area contributed by atoms with Gasteiger partial charge in [0, 0.05) is 26.2 Å². The van der Waals surface area contributed by atoms with Crippen molar-refractivity contribution in [2.45, 2.75) is 46.0 Å². The Labute approximate surface area is 225 Å². The van der Waals surface area contributed by atoms with Gasteiger partial charge in [-0.05, 0) is 87.8 Å². The molecule has 0 atom stereocenters. The second-order valence-electron chi connectivity index (χ2n) is 9.51. The van der Waals surface area contributed by atoms with Crippen LogP contribution in [0.3, 0.4) is 0 Å². The maximum atomic E-state index is 11.9. The molecule has 2 saturated heterocycles. The molecule has 0 aliphatic carbocycles. The normalized spacial score (nSPS) is 20.9. The van der Waals surface area contributed by atoms with Crippen molar-refractivity contribution in [1.29, 1.82) is 0 Å². The van der Waals surface area contributed by atoms with Crippen LogP contribution < -0.4 is 11.1 Å². The van der Waals surface area contributed by atoms with Gasteiger partial charge in [0.2, 0.25) is 0 Å². The molecule has 2 fully saturated rings. The Morgan fingerprint density at radius 1 is 0.763 bits per heavy atom. The quantitative estimate of drug-likeness (QED) is 0.538. The summed E-state index contributed by atoms with van der Waals surface area (Å²) in [6.07, 6.45) is 18.5. The molecule has 10 heteroatoms. The number of allylic oxidation sites excluding steroid dienone is 2. The number of nitrogens with one attached hydrogen (secondary N) is 1. The Kier molecular flexibility index (Phi) is 12.6. The van der Waals surface area contributed by atoms with E-state index in [4.69, 9.17) is 5.73 Å². The number of rotatable bonds is 4. The van der Waals surface area contributed by atoms with Crippen LogP contribution in [-0.2, 0) is 19.2 Å². The number of amides is 6. The smallest absolute Gasteiger partial charge is 0.314 e. The first kappa shape index (κ1) is 30.7. The molecule has 3 N–H and O–H groups in total. The number of carbonyl (C=O) groups is 5. The summed E-state index contributed by atoms with van der Waals surface area (Å²) in [7, 11) is 0. The van der Waals surface area contributed by atoms with Gasteiger partial charge in [-0.25, -0.2) is 4.79 Å². The van der Waals surface area contributed by atoms with Crippen molar-refractivity contribution in [2.75, 3.05) is 39.3 Å². The number of hydrogen-bond donors (Lipinski definition) is 2. The Bertz CT molecular complexity index is 972. The first-order valence-corrected chi connectivity index (χ1v) is 13.0. The zero-order chi connectivity index (χ0) is 26.6. The average molecular weight is 528 g/mol. The SMILES string of the molecule is C.NC(=O)N1CCC(/C=C/C(=O)N2CCC=CC2=O)CC1.O=C1C=CCCN1C(=O)/C=C/C1CCNCC1. The van der Waals surface area contributed by atoms with Crippen LogP contribution >= 0.6 is 0 Å². The van der Waals surface area contributed by atoms with Crippen molar-refractivity contribution in [3.05, 3.63) is 48.6 Å². The third-order valence-corrected chi connectivity index (χ3v) is 6.88. The van der Waals surface area contributed by atoms with Gasteiger partial charge in [-0.2, -0.15) is 0 Å². The van der Waals surface area contributed by atoms with Crippen LogP contribution in [0.5, 0.6) is 0 Å². The fraction of sp³-hybridized carbons (Fsp3) is 0.536. The average Bonchev–Trinajstić information content (AvgIpc) is 2.92. The van der Waals surface area contributed by atoms with Crippen LogP contribution in [0, 0.1) is 11.8 Å². The van der Waals surface area contributed by atoms with E-state index in [0.29, 0.717) is 38.5 Å². The van der Waals surface area contributed by atoms with E-state index in [-0.39, 0.29) is 37.0 Å². The first-order chi connectivity index (χ1) is 17.8. The summed E-state index contributed by atoms with van der Waals surface area (Å²) in [4.78, 5) is 61.9. The van der Waals surface area contributed by atoms with Crippen molar-refractivity contribution in [3.8, 4) is 0 Å². The molecule has 10 nitrogen and oxygen atoms in total. The molecule has 0 spiro atoms. The second-order valence-corrected chi connectivity index (χ2v) is 9.51. The highest BCUT2D eigenvalue weighted by atomic mass is 16.2. The van der Waals surface area contributed by atoms with Gasteiger partial charge in [0.1, 0.15) is 0 Å². The highest BCUT2D eigenvalue weighted by Gasteiger charge is 2.22. The lowest BCUT2D eigenvalue weighted by Crippen LogP contribution is -2.41. The number of imide groups is 2. The topological polar surface area (TPSA) is 133 Å². The maximum Gasteiger partial charge on any atom is 0.314 e. The van der Waals surface area contributed by atoms with Gasteiger partial charge in [0.15, 0.2) is 0 Å². The largest absolute Gasteiger partial charge is 0.351 e. The third kappa shape index (κ3) is 9.41. The number of primary amides is 1. The number of likely N-dealkylation sites (tertiary alicyclic amines) is 1. The predicted octanol–water partition coefficient (Wildman–Crippen LogP) is 2.14. The fourth-order valence-corrected chi connectivity index (χ4v) is 4.58. The zero-order valence-corrected chi connectivity index (χ0v) is 21.2. The van der Waals surface area contributed by atoms with E-state index in [9.17, 15) is 24.0 Å². The van der Waals surface area contributed by atoms with Gasteiger partial charge in [-0.1, -0.05) is 31.7 Å². The van der Waals surface area contributed by atoms with Crippen LogP contribution in [0.1, 0.15) is 46.0 Å². The summed E-state index contributed by atoms with van der Waals surface area (Å²) in [6, 6.07) is -0.394. The van der Waals surface area contributed by atoms with E-state index in [1.807, 2.05) is 18.2 Å². The number of nitrogens with two attached hydrogens (primary N) is 1. The van der Waals surface area contributed by atoms with Crippen LogP contribution in [-0.4, -0.2) is 83.6 Å². The second kappa shape index (κ2) is 15.7. The molecule has 4 heterocycles. The first-order valence-electron chi connectivity index (χ1n) is 13.0. The number of carbonyl (C=O) groups excluding carboxylic acids is 5. The molecule has 4 aliphatic heterocycles. The van der Waals surface area contributed by atoms with Gasteiger partial charge in [0.05, 0.1) is 0 Å². The Morgan fingerprint density at radius 2 is 1.21 bits per heavy atom. The van der Waals surface area contributed by atoms with Crippen LogP contribution in [0.2, 0.25) is 0 Å². The molecule has 0 radical (unpaired) electrons. The molecular formula is C28H41N5O5. The monoisotopic (exact) mass is 527 g/mol. The fourth-order valence-electron chi connectivity index (χ4n) is 4.58. The van der Waals surface area contributed by atoms with Crippen molar-refractivity contribution in [3.63, 3.8) is 0 Å². The van der Waals surface area contributed by atoms with Crippen molar-refractivity contribution >= 4 is 29.7 Å². The summed E-state index contributed by atoms with van der Waals surface area (Å²) >= 11 is 0. The molecule has 4 rings (SSSR count). The van der Waals surface area contributed by atoms with Crippen molar-refractivity contribution in [2.24, 2.45) is 17.6 Å². The minimum Gasteiger partial charge on any atom is -0.351 e. The molecular weight excluding hydrogens is 486 g/mol. The Morgan fingerprint density at radius 3 is 1.63 bits per heavy atom. The molecule has 208 valence electrons. The number of nitrogens with zero attached hydrogens (tertiary/aromatic N) is 3. The van der Waals surface area contributed by atoms with E-state index < -0.39 is 6.03 Å². The van der Waals surface area contributed by atoms with Crippen LogP contribution in [0.4, 0.5) is 4.79 Å². The van der Waals surface area contributed by atoms with E-state index >= 15 is 0 Å². The van der Waals surface area contributed by atoms with Crippen LogP contribution in [0.25, 0.3) is 0 Å². The molecule has 0 unspecified atom stereocenters. The highest BCUT2D eigenvalue weighted by molar-refractivity contribution is 6.06. The Hall–Kier alpha value is -3.53. The lowest BCUT2D eigenvalue weighted by Gasteiger charge is -2.29. The van der Waals surface area contributed by atoms with E-state index in [1.54, 1.807) is 17.1 Å². The molecule has 6 amide bonds. The van der Waals surface area contributed by atoms with Crippen molar-refractivity contribution in [1.82, 2.24) is 20.0 Å². The molecule has 0 saturated carbocycles. The molecule has 0 bridgehead atoms. The summed E-state index contributed by atoms with van der Waals surface area (Å²) in [5.74, 6) is -0.180. The minimum absolute atomic E-state index is 0. The lowest BCUT2D eigenvalue weighted by molar-refractivity contribution is -0.140. The van der Waals surface area contributed by atoms with Gasteiger partial charge >= 0.3 is 6.03 Å². The zero-order valence-electron chi connectivity index (χ0n) is 21.2. The lowest BCUT2D eigenvalue weighted by atomic mass is 9.96. The van der Waals surface area contributed by atoms with Gasteiger partial charge in [0.25, 0.3) is 23.6 Å². The van der Waals surface area contributed by atoms with E-state index in [0.717, 1.165) is 45.2 Å². The van der Waals surface area contributed by atoms with E-state index in [2.05, 4.69) is 5.32 Å². The Balaban J connectivity index is 0.000000263. The highest BCUT2D eigenvalue weighted by Crippen LogP contribution is 2.18. The molecule has 4 aliphatic rings. The summed E-state index contributed by atoms with van der Waals surface area (Å²) in [6.45, 7) is 4.19. The molecule has 38 heavy (non-hydrogen) atoms. The predicted molar refractivity (Wildman–Crippen MR) is 145 cm³/mol. The van der Waals surface area contributed by atoms with Crippen molar-refractivity contribution < 1.29 is 24.0 Å². The van der Waals surface area contributed by atoms with Gasteiger partial charge < -0.3 is 16.0 Å². The number of hydrogen-bond acceptors (Lipinski definition) is 6. The van der Waals surface area contributed by atoms with Gasteiger partial charge in [-0.3, -0.25) is 29.0 Å². The summed E-state index contributed by atoms with van der Waals surface area (Å²) in [5, 5.41) is 3.28. The molecule has 0 aromatic carbocycles. The summed E-state index contributed by atoms with van der Waals surface area (Å²) < 4.78 is 0. The molecule has 0 aromatic heterocycles. The standard InChI is InChI=1S/C14H19N3O3.C13H18N2O2.CH4/c15-14(20)16-9-6-11(7-10-16)4-5-13(19)17-8-2-1-3-12(17)18;16-12-3-1-2-10-15(12)13(17)5-4-11-6-8-14-9-7-11;/h1,3-5,11H,2,6-10H2,(H2,15,20);1,3-5,11,14H,2,6-10H2;1H4/b2*5-4+;. The van der Waals surface area contributed by atoms with Gasteiger partial charge in [-0.15, -0.1) is 0 Å². The number of urea groups is 1. The minimum atomic E-state index is -0.394. The maximum absolute atomic E-state index is 11.9. The van der Waals surface area contributed by atoms with E-state index in [1.165, 1.54) is 28.0 Å². The number of piperidine rings is 2. The third-order valence-electron chi connectivity index (χ3n) is 6.88. The molecule has 0 aromatic rings. The van der Waals surface area contributed by atoms with Crippen LogP contribution in [0.15, 0.2) is 48.6 Å².